The van der Waals surface area contributed by atoms with Crippen LogP contribution >= 0.6 is 0 Å². The van der Waals surface area contributed by atoms with E-state index in [1.54, 1.807) is 0 Å². The fourth-order valence-corrected chi connectivity index (χ4v) is 2.71. The maximum atomic E-state index is 11.7. The first kappa shape index (κ1) is 16.7. The molecule has 1 aromatic carbocycles. The molecule has 0 heterocycles. The Labute approximate surface area is 122 Å². The van der Waals surface area contributed by atoms with Crippen molar-refractivity contribution < 1.29 is 14.6 Å². The van der Waals surface area contributed by atoms with Crippen LogP contribution in [0.25, 0.3) is 0 Å². The fourth-order valence-electron chi connectivity index (χ4n) is 2.71. The lowest BCUT2D eigenvalue weighted by atomic mass is 9.89. The summed E-state index contributed by atoms with van der Waals surface area (Å²) < 4.78 is 0. The van der Waals surface area contributed by atoms with Crippen LogP contribution in [0.4, 0.5) is 11.4 Å². The van der Waals surface area contributed by atoms with Crippen molar-refractivity contribution >= 4 is 17.2 Å². The molecule has 0 unspecified atom stereocenters. The van der Waals surface area contributed by atoms with Gasteiger partial charge in [-0.3, -0.25) is 25.0 Å². The van der Waals surface area contributed by atoms with E-state index in [4.69, 9.17) is 0 Å². The molecule has 0 spiro atoms. The van der Waals surface area contributed by atoms with Crippen molar-refractivity contribution in [1.82, 2.24) is 0 Å². The molecular formula is C14H18N2O5. The molecule has 1 rings (SSSR count). The summed E-state index contributed by atoms with van der Waals surface area (Å²) in [6.07, 6.45) is 0.215. The van der Waals surface area contributed by atoms with Crippen molar-refractivity contribution in [1.29, 1.82) is 0 Å². The van der Waals surface area contributed by atoms with E-state index >= 15 is 0 Å². The Morgan fingerprint density at radius 3 is 1.67 bits per heavy atom. The summed E-state index contributed by atoms with van der Waals surface area (Å²) in [4.78, 5) is 33.2. The standard InChI is InChI=1S/C14H18N2O5/c1-7(2)6-11-13(15(18)19)8(3)12(10(5)17)9(4)14(11)16(20)21/h7H,6H2,1-5H3. The zero-order chi connectivity index (χ0) is 16.5. The third-order valence-electron chi connectivity index (χ3n) is 3.36. The second-order valence-electron chi connectivity index (χ2n) is 5.47. The minimum atomic E-state index is -0.633. The minimum Gasteiger partial charge on any atom is -0.294 e. The smallest absolute Gasteiger partial charge is 0.283 e. The Morgan fingerprint density at radius 1 is 1.05 bits per heavy atom. The minimum absolute atomic E-state index is 0.0179. The average molecular weight is 294 g/mol. The van der Waals surface area contributed by atoms with E-state index in [0.717, 1.165) is 0 Å². The van der Waals surface area contributed by atoms with Gasteiger partial charge >= 0.3 is 0 Å². The highest BCUT2D eigenvalue weighted by Crippen LogP contribution is 2.39. The largest absolute Gasteiger partial charge is 0.294 e. The van der Waals surface area contributed by atoms with Gasteiger partial charge in [0.05, 0.1) is 9.85 Å². The number of carbonyl (C=O) groups excluding carboxylic acids is 1. The number of nitro groups is 2. The molecule has 0 N–H and O–H groups in total. The van der Waals surface area contributed by atoms with Gasteiger partial charge in [-0.1, -0.05) is 13.8 Å². The number of ketones is 1. The summed E-state index contributed by atoms with van der Waals surface area (Å²) >= 11 is 0. The quantitative estimate of drug-likeness (QED) is 0.469. The first-order valence-electron chi connectivity index (χ1n) is 6.55. The number of nitrogens with zero attached hydrogens (tertiary/aromatic N) is 2. The normalized spacial score (nSPS) is 10.8. The molecule has 21 heavy (non-hydrogen) atoms. The van der Waals surface area contributed by atoms with E-state index in [-0.39, 0.29) is 46.0 Å². The zero-order valence-corrected chi connectivity index (χ0v) is 12.7. The summed E-state index contributed by atoms with van der Waals surface area (Å²) in [5.41, 5.74) is -0.0594. The number of hydrogen-bond acceptors (Lipinski definition) is 5. The highest BCUT2D eigenvalue weighted by molar-refractivity contribution is 5.99. The second-order valence-corrected chi connectivity index (χ2v) is 5.47. The van der Waals surface area contributed by atoms with Crippen molar-refractivity contribution in [3.63, 3.8) is 0 Å². The van der Waals surface area contributed by atoms with Crippen molar-refractivity contribution in [3.8, 4) is 0 Å². The van der Waals surface area contributed by atoms with Crippen LogP contribution in [-0.4, -0.2) is 15.6 Å². The molecule has 0 aliphatic rings. The molecule has 0 atom stereocenters. The van der Waals surface area contributed by atoms with E-state index in [2.05, 4.69) is 0 Å². The van der Waals surface area contributed by atoms with Gasteiger partial charge in [-0.05, 0) is 33.1 Å². The molecule has 0 radical (unpaired) electrons. The van der Waals surface area contributed by atoms with Crippen LogP contribution in [0.5, 0.6) is 0 Å². The predicted octanol–water partition coefficient (Wildman–Crippen LogP) is 3.52. The van der Waals surface area contributed by atoms with E-state index in [1.807, 2.05) is 13.8 Å². The molecule has 0 saturated carbocycles. The molecule has 1 aromatic rings. The van der Waals surface area contributed by atoms with Crippen LogP contribution in [0.15, 0.2) is 0 Å². The Bertz CT molecular complexity index is 594. The third-order valence-corrected chi connectivity index (χ3v) is 3.36. The van der Waals surface area contributed by atoms with Gasteiger partial charge in [0.25, 0.3) is 11.4 Å². The fraction of sp³-hybridized carbons (Fsp3) is 0.500. The number of nitro benzene ring substituents is 2. The van der Waals surface area contributed by atoms with Gasteiger partial charge in [0, 0.05) is 16.7 Å². The first-order valence-corrected chi connectivity index (χ1v) is 6.55. The SMILES string of the molecule is CC(=O)c1c(C)c([N+](=O)[O-])c(CC(C)C)c([N+](=O)[O-])c1C. The lowest BCUT2D eigenvalue weighted by Gasteiger charge is -2.14. The zero-order valence-electron chi connectivity index (χ0n) is 12.7. The van der Waals surface area contributed by atoms with Gasteiger partial charge in [-0.25, -0.2) is 0 Å². The van der Waals surface area contributed by atoms with Crippen LogP contribution in [0.3, 0.4) is 0 Å². The van der Waals surface area contributed by atoms with Crippen LogP contribution in [0.2, 0.25) is 0 Å². The Balaban J connectivity index is 3.95. The summed E-state index contributed by atoms with van der Waals surface area (Å²) in [5.74, 6) is -0.392. The molecule has 0 saturated heterocycles. The molecule has 7 nitrogen and oxygen atoms in total. The Hall–Kier alpha value is -2.31. The van der Waals surface area contributed by atoms with Crippen LogP contribution in [-0.2, 0) is 6.42 Å². The molecule has 0 aliphatic carbocycles. The number of hydrogen-bond donors (Lipinski definition) is 0. The van der Waals surface area contributed by atoms with Gasteiger partial charge < -0.3 is 0 Å². The first-order chi connectivity index (χ1) is 9.59. The molecule has 0 amide bonds. The van der Waals surface area contributed by atoms with Gasteiger partial charge in [-0.15, -0.1) is 0 Å². The van der Waals surface area contributed by atoms with Gasteiger partial charge in [0.2, 0.25) is 0 Å². The van der Waals surface area contributed by atoms with E-state index in [1.165, 1.54) is 20.8 Å². The molecule has 7 heteroatoms. The Morgan fingerprint density at radius 2 is 1.43 bits per heavy atom. The van der Waals surface area contributed by atoms with Crippen LogP contribution in [0.1, 0.15) is 47.8 Å². The highest BCUT2D eigenvalue weighted by atomic mass is 16.6. The lowest BCUT2D eigenvalue weighted by molar-refractivity contribution is -0.396. The van der Waals surface area contributed by atoms with E-state index in [0.29, 0.717) is 0 Å². The monoisotopic (exact) mass is 294 g/mol. The lowest BCUT2D eigenvalue weighted by Crippen LogP contribution is -2.12. The summed E-state index contributed by atoms with van der Waals surface area (Å²) in [6, 6.07) is 0. The number of rotatable bonds is 5. The van der Waals surface area contributed by atoms with Gasteiger partial charge in [0.1, 0.15) is 5.56 Å². The maximum Gasteiger partial charge on any atom is 0.283 e. The number of carbonyl (C=O) groups is 1. The highest BCUT2D eigenvalue weighted by Gasteiger charge is 2.34. The molecule has 0 bridgehead atoms. The molecular weight excluding hydrogens is 276 g/mol. The van der Waals surface area contributed by atoms with E-state index < -0.39 is 15.6 Å². The molecule has 0 fully saturated rings. The number of benzene rings is 1. The topological polar surface area (TPSA) is 103 Å². The summed E-state index contributed by atoms with van der Waals surface area (Å²) in [7, 11) is 0. The molecule has 114 valence electrons. The summed E-state index contributed by atoms with van der Waals surface area (Å²) in [5, 5.41) is 22.7. The van der Waals surface area contributed by atoms with Crippen molar-refractivity contribution in [2.45, 2.75) is 41.0 Å². The van der Waals surface area contributed by atoms with Crippen molar-refractivity contribution in [2.24, 2.45) is 5.92 Å². The van der Waals surface area contributed by atoms with Gasteiger partial charge in [0.15, 0.2) is 5.78 Å². The van der Waals surface area contributed by atoms with Gasteiger partial charge in [-0.2, -0.15) is 0 Å². The predicted molar refractivity (Wildman–Crippen MR) is 77.8 cm³/mol. The average Bonchev–Trinajstić information content (AvgIpc) is 2.25. The summed E-state index contributed by atoms with van der Waals surface area (Å²) in [6.45, 7) is 7.85. The van der Waals surface area contributed by atoms with E-state index in [9.17, 15) is 25.0 Å². The van der Waals surface area contributed by atoms with Crippen LogP contribution < -0.4 is 0 Å². The molecule has 0 aromatic heterocycles. The third kappa shape index (κ3) is 3.07. The molecule has 0 aliphatic heterocycles. The van der Waals surface area contributed by atoms with Crippen LogP contribution in [0, 0.1) is 40.0 Å². The number of Topliss-reactive ketones (excluding diaryl/α,β-unsaturated/α-hetero) is 1. The van der Waals surface area contributed by atoms with Crippen molar-refractivity contribution in [2.75, 3.05) is 0 Å². The maximum absolute atomic E-state index is 11.7. The second kappa shape index (κ2) is 5.99. The Kier molecular flexibility index (Phi) is 4.77. The van der Waals surface area contributed by atoms with Crippen molar-refractivity contribution in [3.05, 3.63) is 42.5 Å².